The van der Waals surface area contributed by atoms with Crippen LogP contribution in [0.2, 0.25) is 0 Å². The lowest BCUT2D eigenvalue weighted by Crippen LogP contribution is -1.92. The average Bonchev–Trinajstić information content (AvgIpc) is 2.82. The van der Waals surface area contributed by atoms with E-state index in [1.807, 2.05) is 6.08 Å². The summed E-state index contributed by atoms with van der Waals surface area (Å²) in [6.45, 7) is 5.85. The summed E-state index contributed by atoms with van der Waals surface area (Å²) < 4.78 is 0. The minimum Gasteiger partial charge on any atom is -0.0991 e. The van der Waals surface area contributed by atoms with Crippen LogP contribution in [0.4, 0.5) is 0 Å². The maximum absolute atomic E-state index is 3.77. The summed E-state index contributed by atoms with van der Waals surface area (Å²) in [5.41, 5.74) is 1.42. The molecule has 1 aliphatic rings. The molecule has 96 valence electrons. The van der Waals surface area contributed by atoms with Gasteiger partial charge in [0.15, 0.2) is 0 Å². The first-order chi connectivity index (χ1) is 8.36. The standard InChI is InChI=1S/C17H28/c1-3-10-16(11-4-2)12-6-5-7-13-17-14-8-9-15-17/h3-4,10-11,17H,1,5-9,12-15H2,2H3/b11-4-,16-10+. The summed E-state index contributed by atoms with van der Waals surface area (Å²) in [7, 11) is 0. The fraction of sp³-hybridized carbons (Fsp3) is 0.647. The van der Waals surface area contributed by atoms with Crippen LogP contribution in [0.5, 0.6) is 0 Å². The summed E-state index contributed by atoms with van der Waals surface area (Å²) in [5, 5.41) is 0. The number of unbranched alkanes of at least 4 members (excludes halogenated alkanes) is 2. The molecule has 0 nitrogen and oxygen atoms in total. The lowest BCUT2D eigenvalue weighted by atomic mass is 9.98. The Labute approximate surface area is 108 Å². The zero-order valence-electron chi connectivity index (χ0n) is 11.5. The number of hydrogen-bond acceptors (Lipinski definition) is 0. The van der Waals surface area contributed by atoms with E-state index in [0.717, 1.165) is 5.92 Å². The summed E-state index contributed by atoms with van der Waals surface area (Å²) in [6, 6.07) is 0. The largest absolute Gasteiger partial charge is 0.0991 e. The number of allylic oxidation sites excluding steroid dienone is 5. The van der Waals surface area contributed by atoms with Gasteiger partial charge in [-0.25, -0.2) is 0 Å². The zero-order valence-corrected chi connectivity index (χ0v) is 11.5. The fourth-order valence-electron chi connectivity index (χ4n) is 2.83. The highest BCUT2D eigenvalue weighted by Crippen LogP contribution is 2.29. The Bertz CT molecular complexity index is 251. The van der Waals surface area contributed by atoms with E-state index in [1.54, 1.807) is 0 Å². The van der Waals surface area contributed by atoms with Crippen molar-refractivity contribution in [1.82, 2.24) is 0 Å². The molecule has 0 spiro atoms. The molecule has 0 heterocycles. The van der Waals surface area contributed by atoms with Gasteiger partial charge in [-0.1, -0.05) is 75.8 Å². The minimum absolute atomic E-state index is 1.06. The van der Waals surface area contributed by atoms with Crippen LogP contribution in [0.25, 0.3) is 0 Å². The highest BCUT2D eigenvalue weighted by Gasteiger charge is 2.13. The van der Waals surface area contributed by atoms with Crippen LogP contribution in [-0.4, -0.2) is 0 Å². The van der Waals surface area contributed by atoms with Crippen molar-refractivity contribution >= 4 is 0 Å². The van der Waals surface area contributed by atoms with E-state index < -0.39 is 0 Å². The Morgan fingerprint density at radius 3 is 2.59 bits per heavy atom. The quantitative estimate of drug-likeness (QED) is 0.365. The minimum atomic E-state index is 1.06. The van der Waals surface area contributed by atoms with Gasteiger partial charge >= 0.3 is 0 Å². The Morgan fingerprint density at radius 1 is 1.18 bits per heavy atom. The van der Waals surface area contributed by atoms with Gasteiger partial charge in [-0.05, 0) is 31.3 Å². The van der Waals surface area contributed by atoms with Crippen molar-refractivity contribution in [2.24, 2.45) is 5.92 Å². The third-order valence-electron chi connectivity index (χ3n) is 3.77. The molecule has 0 aliphatic heterocycles. The molecule has 17 heavy (non-hydrogen) atoms. The molecule has 0 radical (unpaired) electrons. The van der Waals surface area contributed by atoms with E-state index in [-0.39, 0.29) is 0 Å². The van der Waals surface area contributed by atoms with Gasteiger partial charge in [-0.15, -0.1) is 0 Å². The van der Waals surface area contributed by atoms with Gasteiger partial charge in [0.25, 0.3) is 0 Å². The van der Waals surface area contributed by atoms with E-state index in [0.29, 0.717) is 0 Å². The van der Waals surface area contributed by atoms with Crippen molar-refractivity contribution in [2.75, 3.05) is 0 Å². The highest BCUT2D eigenvalue weighted by atomic mass is 14.2. The molecule has 0 heteroatoms. The molecular formula is C17H28. The van der Waals surface area contributed by atoms with E-state index in [2.05, 4.69) is 31.7 Å². The molecule has 0 atom stereocenters. The Kier molecular flexibility index (Phi) is 7.79. The van der Waals surface area contributed by atoms with Crippen LogP contribution >= 0.6 is 0 Å². The molecule has 0 N–H and O–H groups in total. The maximum atomic E-state index is 3.77. The van der Waals surface area contributed by atoms with Crippen LogP contribution in [0.3, 0.4) is 0 Å². The van der Waals surface area contributed by atoms with Crippen LogP contribution in [-0.2, 0) is 0 Å². The summed E-state index contributed by atoms with van der Waals surface area (Å²) >= 11 is 0. The summed E-state index contributed by atoms with van der Waals surface area (Å²) in [6.07, 6.45) is 21.2. The monoisotopic (exact) mass is 232 g/mol. The molecule has 0 bridgehead atoms. The Balaban J connectivity index is 2.05. The second-order valence-corrected chi connectivity index (χ2v) is 5.23. The van der Waals surface area contributed by atoms with Gasteiger partial charge in [0.05, 0.1) is 0 Å². The second kappa shape index (κ2) is 9.27. The van der Waals surface area contributed by atoms with Crippen molar-refractivity contribution in [3.8, 4) is 0 Å². The smallest absolute Gasteiger partial charge is 0.0279 e. The van der Waals surface area contributed by atoms with E-state index >= 15 is 0 Å². The summed E-state index contributed by atoms with van der Waals surface area (Å²) in [5.74, 6) is 1.06. The van der Waals surface area contributed by atoms with Gasteiger partial charge in [0.1, 0.15) is 0 Å². The molecule has 0 unspecified atom stereocenters. The normalized spacial score (nSPS) is 18.1. The fourth-order valence-corrected chi connectivity index (χ4v) is 2.83. The van der Waals surface area contributed by atoms with Crippen molar-refractivity contribution in [1.29, 1.82) is 0 Å². The van der Waals surface area contributed by atoms with Crippen LogP contribution in [0.15, 0.2) is 36.5 Å². The van der Waals surface area contributed by atoms with Crippen molar-refractivity contribution in [3.63, 3.8) is 0 Å². The van der Waals surface area contributed by atoms with Crippen molar-refractivity contribution in [3.05, 3.63) is 36.5 Å². The molecular weight excluding hydrogens is 204 g/mol. The topological polar surface area (TPSA) is 0 Å². The zero-order chi connectivity index (χ0) is 12.3. The Hall–Kier alpha value is -0.780. The Morgan fingerprint density at radius 2 is 1.94 bits per heavy atom. The average molecular weight is 232 g/mol. The molecule has 1 saturated carbocycles. The second-order valence-electron chi connectivity index (χ2n) is 5.23. The molecule has 1 rings (SSSR count). The SMILES string of the molecule is C=C/C=C(\C=C/C)CCCCCC1CCCC1. The highest BCUT2D eigenvalue weighted by molar-refractivity contribution is 5.22. The van der Waals surface area contributed by atoms with Crippen LogP contribution < -0.4 is 0 Å². The molecule has 1 fully saturated rings. The van der Waals surface area contributed by atoms with Gasteiger partial charge in [0, 0.05) is 0 Å². The summed E-state index contributed by atoms with van der Waals surface area (Å²) in [4.78, 5) is 0. The van der Waals surface area contributed by atoms with Gasteiger partial charge in [-0.3, -0.25) is 0 Å². The molecule has 0 aromatic heterocycles. The molecule has 0 aromatic carbocycles. The molecule has 0 aromatic rings. The van der Waals surface area contributed by atoms with Crippen molar-refractivity contribution < 1.29 is 0 Å². The molecule has 0 saturated heterocycles. The molecule has 1 aliphatic carbocycles. The predicted octanol–water partition coefficient (Wildman–Crippen LogP) is 5.82. The van der Waals surface area contributed by atoms with E-state index in [9.17, 15) is 0 Å². The van der Waals surface area contributed by atoms with Crippen molar-refractivity contribution in [2.45, 2.75) is 64.7 Å². The van der Waals surface area contributed by atoms with Gasteiger partial charge < -0.3 is 0 Å². The first-order valence-electron chi connectivity index (χ1n) is 7.31. The predicted molar refractivity (Wildman–Crippen MR) is 78.1 cm³/mol. The van der Waals surface area contributed by atoms with Gasteiger partial charge in [0.2, 0.25) is 0 Å². The van der Waals surface area contributed by atoms with E-state index in [1.165, 1.54) is 63.4 Å². The third-order valence-corrected chi connectivity index (χ3v) is 3.77. The van der Waals surface area contributed by atoms with Gasteiger partial charge in [-0.2, -0.15) is 0 Å². The number of hydrogen-bond donors (Lipinski definition) is 0. The lowest BCUT2D eigenvalue weighted by Gasteiger charge is -2.08. The third kappa shape index (κ3) is 6.51. The van der Waals surface area contributed by atoms with E-state index in [4.69, 9.17) is 0 Å². The van der Waals surface area contributed by atoms with Crippen LogP contribution in [0, 0.1) is 5.92 Å². The first-order valence-corrected chi connectivity index (χ1v) is 7.31. The number of rotatable bonds is 8. The molecule has 0 amide bonds. The van der Waals surface area contributed by atoms with Crippen LogP contribution in [0.1, 0.15) is 64.7 Å². The lowest BCUT2D eigenvalue weighted by molar-refractivity contribution is 0.468. The first kappa shape index (κ1) is 14.3. The maximum Gasteiger partial charge on any atom is -0.0279 e.